The molecular formula is C20H12F7NO3S. The van der Waals surface area contributed by atoms with Gasteiger partial charge in [-0.15, -0.1) is 0 Å². The Hall–Kier alpha value is -3.28. The first-order valence-electron chi connectivity index (χ1n) is 8.60. The average Bonchev–Trinajstić information content (AvgIpc) is 2.68. The molecular weight excluding hydrogens is 467 g/mol. The van der Waals surface area contributed by atoms with Crippen LogP contribution in [0.3, 0.4) is 0 Å². The van der Waals surface area contributed by atoms with Crippen molar-refractivity contribution in [2.75, 3.05) is 4.72 Å². The van der Waals surface area contributed by atoms with E-state index in [1.165, 1.54) is 12.1 Å². The van der Waals surface area contributed by atoms with Crippen LogP contribution in [0.25, 0.3) is 0 Å². The van der Waals surface area contributed by atoms with Crippen LogP contribution in [0.1, 0.15) is 11.1 Å². The highest BCUT2D eigenvalue weighted by Crippen LogP contribution is 2.39. The van der Waals surface area contributed by atoms with Gasteiger partial charge in [0.15, 0.2) is 0 Å². The minimum Gasteiger partial charge on any atom is -0.457 e. The van der Waals surface area contributed by atoms with E-state index in [9.17, 15) is 39.2 Å². The first-order chi connectivity index (χ1) is 14.8. The third-order valence-electron chi connectivity index (χ3n) is 4.03. The minimum absolute atomic E-state index is 0.0343. The fraction of sp³-hybridized carbons (Fsp3) is 0.100. The highest BCUT2D eigenvalue weighted by Gasteiger charge is 2.37. The third-order valence-corrected chi connectivity index (χ3v) is 5.44. The van der Waals surface area contributed by atoms with Crippen molar-refractivity contribution in [3.05, 3.63) is 83.7 Å². The molecule has 0 saturated carbocycles. The summed E-state index contributed by atoms with van der Waals surface area (Å²) in [6.07, 6.45) is -10.1. The summed E-state index contributed by atoms with van der Waals surface area (Å²) in [5, 5.41) is 0. The van der Waals surface area contributed by atoms with Gasteiger partial charge >= 0.3 is 12.4 Å². The molecule has 0 heterocycles. The lowest BCUT2D eigenvalue weighted by molar-refractivity contribution is -0.143. The zero-order valence-electron chi connectivity index (χ0n) is 15.6. The number of halogens is 7. The molecule has 0 amide bonds. The Kier molecular flexibility index (Phi) is 6.09. The predicted molar refractivity (Wildman–Crippen MR) is 100 cm³/mol. The maximum Gasteiger partial charge on any atom is 0.416 e. The maximum atomic E-state index is 13.7. The molecule has 0 radical (unpaired) electrons. The summed E-state index contributed by atoms with van der Waals surface area (Å²) in [5.74, 6) is -1.86. The number of benzene rings is 3. The Labute approximate surface area is 177 Å². The monoisotopic (exact) mass is 479 g/mol. The molecule has 12 heteroatoms. The summed E-state index contributed by atoms with van der Waals surface area (Å²) >= 11 is 0. The molecule has 0 spiro atoms. The van der Waals surface area contributed by atoms with Gasteiger partial charge in [-0.1, -0.05) is 12.1 Å². The quantitative estimate of drug-likeness (QED) is 0.428. The summed E-state index contributed by atoms with van der Waals surface area (Å²) in [7, 11) is -4.28. The number of sulfonamides is 1. The maximum absolute atomic E-state index is 13.7. The Morgan fingerprint density at radius 2 is 1.25 bits per heavy atom. The van der Waals surface area contributed by atoms with Crippen LogP contribution in [0, 0.1) is 5.82 Å². The molecule has 0 aliphatic rings. The standard InChI is InChI=1S/C20H12F7NO3S/c21-17-3-1-2-4-18(17)32(29,30)28-14-5-7-15(8-6-14)31-16-10-12(19(22,23)24)9-13(11-16)20(25,26)27/h1-11,28H. The lowest BCUT2D eigenvalue weighted by atomic mass is 10.1. The molecule has 0 aromatic heterocycles. The molecule has 3 aromatic carbocycles. The van der Waals surface area contributed by atoms with Crippen LogP contribution < -0.4 is 9.46 Å². The van der Waals surface area contributed by atoms with Crippen molar-refractivity contribution in [3.8, 4) is 11.5 Å². The first kappa shape index (κ1) is 23.4. The number of hydrogen-bond acceptors (Lipinski definition) is 3. The second kappa shape index (κ2) is 8.34. The van der Waals surface area contributed by atoms with Crippen LogP contribution >= 0.6 is 0 Å². The van der Waals surface area contributed by atoms with E-state index in [0.717, 1.165) is 36.4 Å². The third kappa shape index (κ3) is 5.49. The van der Waals surface area contributed by atoms with E-state index in [1.807, 2.05) is 0 Å². The van der Waals surface area contributed by atoms with Crippen molar-refractivity contribution in [3.63, 3.8) is 0 Å². The number of ether oxygens (including phenoxy) is 1. The topological polar surface area (TPSA) is 55.4 Å². The Bertz CT molecular complexity index is 1190. The van der Waals surface area contributed by atoms with Gasteiger partial charge < -0.3 is 4.74 Å². The molecule has 0 bridgehead atoms. The summed E-state index contributed by atoms with van der Waals surface area (Å²) in [6.45, 7) is 0. The van der Waals surface area contributed by atoms with Gasteiger partial charge in [-0.25, -0.2) is 12.8 Å². The summed E-state index contributed by atoms with van der Waals surface area (Å²) in [6, 6.07) is 9.92. The highest BCUT2D eigenvalue weighted by atomic mass is 32.2. The van der Waals surface area contributed by atoms with Crippen molar-refractivity contribution in [1.29, 1.82) is 0 Å². The van der Waals surface area contributed by atoms with Crippen LogP contribution in [-0.2, 0) is 22.4 Å². The number of rotatable bonds is 5. The predicted octanol–water partition coefficient (Wildman–Crippen LogP) is 6.46. The molecule has 170 valence electrons. The average molecular weight is 479 g/mol. The van der Waals surface area contributed by atoms with Crippen molar-refractivity contribution in [1.82, 2.24) is 0 Å². The molecule has 3 rings (SSSR count). The van der Waals surface area contributed by atoms with Gasteiger partial charge in [-0.05, 0) is 54.6 Å². The van der Waals surface area contributed by atoms with E-state index >= 15 is 0 Å². The van der Waals surface area contributed by atoms with E-state index in [4.69, 9.17) is 4.74 Å². The van der Waals surface area contributed by atoms with Gasteiger partial charge in [0.2, 0.25) is 0 Å². The molecule has 1 N–H and O–H groups in total. The molecule has 0 saturated heterocycles. The van der Waals surface area contributed by atoms with Crippen LogP contribution in [0.4, 0.5) is 36.4 Å². The summed E-state index contributed by atoms with van der Waals surface area (Å²) in [5.41, 5.74) is -3.13. The van der Waals surface area contributed by atoms with Gasteiger partial charge in [0.05, 0.1) is 11.1 Å². The lowest BCUT2D eigenvalue weighted by Gasteiger charge is -2.15. The lowest BCUT2D eigenvalue weighted by Crippen LogP contribution is -2.14. The Morgan fingerprint density at radius 3 is 1.75 bits per heavy atom. The Morgan fingerprint density at radius 1 is 0.719 bits per heavy atom. The fourth-order valence-electron chi connectivity index (χ4n) is 2.59. The van der Waals surface area contributed by atoms with Crippen molar-refractivity contribution >= 4 is 15.7 Å². The molecule has 0 aliphatic heterocycles. The van der Waals surface area contributed by atoms with Crippen LogP contribution in [0.15, 0.2) is 71.6 Å². The normalized spacial score (nSPS) is 12.5. The SMILES string of the molecule is O=S(=O)(Nc1ccc(Oc2cc(C(F)(F)F)cc(C(F)(F)F)c2)cc1)c1ccccc1F. The fourth-order valence-corrected chi connectivity index (χ4v) is 3.72. The van der Waals surface area contributed by atoms with E-state index < -0.39 is 50.0 Å². The van der Waals surface area contributed by atoms with Gasteiger partial charge in [0.1, 0.15) is 22.2 Å². The summed E-state index contributed by atoms with van der Waals surface area (Å²) in [4.78, 5) is -0.607. The van der Waals surface area contributed by atoms with E-state index in [1.54, 1.807) is 0 Å². The Balaban J connectivity index is 1.84. The molecule has 0 aliphatic carbocycles. The van der Waals surface area contributed by atoms with Gasteiger partial charge in [-0.3, -0.25) is 4.72 Å². The summed E-state index contributed by atoms with van der Waals surface area (Å²) < 4.78 is 123. The zero-order valence-corrected chi connectivity index (χ0v) is 16.4. The second-order valence-corrected chi connectivity index (χ2v) is 8.05. The van der Waals surface area contributed by atoms with Gasteiger partial charge in [0.25, 0.3) is 10.0 Å². The first-order valence-corrected chi connectivity index (χ1v) is 10.1. The van der Waals surface area contributed by atoms with E-state index in [-0.39, 0.29) is 17.5 Å². The molecule has 32 heavy (non-hydrogen) atoms. The molecule has 0 unspecified atom stereocenters. The number of alkyl halides is 6. The minimum atomic E-state index is -5.03. The van der Waals surface area contributed by atoms with E-state index in [2.05, 4.69) is 4.72 Å². The highest BCUT2D eigenvalue weighted by molar-refractivity contribution is 7.92. The number of anilines is 1. The number of hydrogen-bond donors (Lipinski definition) is 1. The molecule has 0 fully saturated rings. The van der Waals surface area contributed by atoms with Gasteiger partial charge in [-0.2, -0.15) is 26.3 Å². The largest absolute Gasteiger partial charge is 0.457 e. The number of nitrogens with one attached hydrogen (secondary N) is 1. The smallest absolute Gasteiger partial charge is 0.416 e. The van der Waals surface area contributed by atoms with Crippen molar-refractivity contribution in [2.45, 2.75) is 17.2 Å². The van der Waals surface area contributed by atoms with Gasteiger partial charge in [0, 0.05) is 5.69 Å². The second-order valence-electron chi connectivity index (χ2n) is 6.40. The molecule has 0 atom stereocenters. The van der Waals surface area contributed by atoms with Crippen LogP contribution in [0.5, 0.6) is 11.5 Å². The van der Waals surface area contributed by atoms with Crippen molar-refractivity contribution in [2.24, 2.45) is 0 Å². The van der Waals surface area contributed by atoms with Crippen molar-refractivity contribution < 1.29 is 43.9 Å². The molecule has 4 nitrogen and oxygen atoms in total. The van der Waals surface area contributed by atoms with E-state index in [0.29, 0.717) is 12.1 Å². The van der Waals surface area contributed by atoms with Crippen LogP contribution in [0.2, 0.25) is 0 Å². The van der Waals surface area contributed by atoms with Crippen LogP contribution in [-0.4, -0.2) is 8.42 Å². The zero-order chi connectivity index (χ0) is 23.7. The molecule has 3 aromatic rings.